The highest BCUT2D eigenvalue weighted by molar-refractivity contribution is 5.94. The van der Waals surface area contributed by atoms with Crippen LogP contribution in [-0.2, 0) is 4.74 Å². The lowest BCUT2D eigenvalue weighted by Crippen LogP contribution is -2.09. The van der Waals surface area contributed by atoms with Gasteiger partial charge in [-0.2, -0.15) is 5.26 Å². The first-order valence-electron chi connectivity index (χ1n) is 6.81. The highest BCUT2D eigenvalue weighted by atomic mass is 19.1. The Morgan fingerprint density at radius 2 is 1.91 bits per heavy atom. The molecule has 0 radical (unpaired) electrons. The van der Waals surface area contributed by atoms with Gasteiger partial charge in [0.25, 0.3) is 0 Å². The molecule has 0 atom stereocenters. The minimum absolute atomic E-state index is 0.0223. The standard InChI is InChI=1S/C17H13F2NO3/c1-3-22-17(21)15-10(2)5-4-6-14(15)23-16-12(18)7-11(9-20)8-13(16)19/h4-8H,3H2,1-2H3. The summed E-state index contributed by atoms with van der Waals surface area (Å²) in [5.41, 5.74) is 0.482. The summed E-state index contributed by atoms with van der Waals surface area (Å²) >= 11 is 0. The van der Waals surface area contributed by atoms with Crippen LogP contribution in [0.5, 0.6) is 11.5 Å². The van der Waals surface area contributed by atoms with E-state index in [4.69, 9.17) is 14.7 Å². The molecule has 0 N–H and O–H groups in total. The SMILES string of the molecule is CCOC(=O)c1c(C)cccc1Oc1c(F)cc(C#N)cc1F. The molecule has 6 heteroatoms. The number of nitriles is 1. The van der Waals surface area contributed by atoms with Crippen LogP contribution >= 0.6 is 0 Å². The van der Waals surface area contributed by atoms with Gasteiger partial charge in [0.05, 0.1) is 18.2 Å². The Bertz CT molecular complexity index is 774. The number of carbonyl (C=O) groups is 1. The number of benzene rings is 2. The summed E-state index contributed by atoms with van der Waals surface area (Å²) in [5, 5.41) is 8.69. The molecule has 0 aliphatic heterocycles. The molecule has 118 valence electrons. The maximum atomic E-state index is 13.9. The molecule has 0 aliphatic carbocycles. The Balaban J connectivity index is 2.48. The lowest BCUT2D eigenvalue weighted by atomic mass is 10.1. The zero-order valence-electron chi connectivity index (χ0n) is 12.5. The van der Waals surface area contributed by atoms with Crippen LogP contribution in [0.25, 0.3) is 0 Å². The second-order valence-electron chi connectivity index (χ2n) is 4.65. The van der Waals surface area contributed by atoms with Gasteiger partial charge < -0.3 is 9.47 Å². The van der Waals surface area contributed by atoms with Crippen molar-refractivity contribution in [2.45, 2.75) is 13.8 Å². The van der Waals surface area contributed by atoms with Crippen molar-refractivity contribution in [3.05, 3.63) is 58.7 Å². The van der Waals surface area contributed by atoms with Crippen molar-refractivity contribution in [2.75, 3.05) is 6.61 Å². The molecule has 4 nitrogen and oxygen atoms in total. The summed E-state index contributed by atoms with van der Waals surface area (Å²) in [6.45, 7) is 3.47. The molecule has 0 spiro atoms. The van der Waals surface area contributed by atoms with Gasteiger partial charge >= 0.3 is 5.97 Å². The van der Waals surface area contributed by atoms with E-state index in [0.717, 1.165) is 12.1 Å². The van der Waals surface area contributed by atoms with E-state index in [9.17, 15) is 13.6 Å². The van der Waals surface area contributed by atoms with E-state index in [-0.39, 0.29) is 23.5 Å². The Labute approximate surface area is 131 Å². The average molecular weight is 317 g/mol. The molecule has 0 saturated heterocycles. The van der Waals surface area contributed by atoms with Crippen molar-refractivity contribution in [2.24, 2.45) is 0 Å². The molecule has 0 saturated carbocycles. The number of aryl methyl sites for hydroxylation is 1. The number of carbonyl (C=O) groups excluding carboxylic acids is 1. The van der Waals surface area contributed by atoms with Gasteiger partial charge in [0, 0.05) is 0 Å². The van der Waals surface area contributed by atoms with Crippen LogP contribution in [0, 0.1) is 29.9 Å². The van der Waals surface area contributed by atoms with Crippen LogP contribution in [0.2, 0.25) is 0 Å². The zero-order chi connectivity index (χ0) is 17.0. The van der Waals surface area contributed by atoms with Gasteiger partial charge in [0.2, 0.25) is 0 Å². The molecule has 0 heterocycles. The normalized spacial score (nSPS) is 10.0. The molecule has 23 heavy (non-hydrogen) atoms. The molecule has 0 unspecified atom stereocenters. The van der Waals surface area contributed by atoms with Gasteiger partial charge in [0.15, 0.2) is 17.4 Å². The van der Waals surface area contributed by atoms with E-state index in [1.807, 2.05) is 0 Å². The lowest BCUT2D eigenvalue weighted by Gasteiger charge is -2.13. The number of hydrogen-bond donors (Lipinski definition) is 0. The first kappa shape index (κ1) is 16.4. The van der Waals surface area contributed by atoms with E-state index in [2.05, 4.69) is 0 Å². The Hall–Kier alpha value is -2.94. The topological polar surface area (TPSA) is 59.3 Å². The summed E-state index contributed by atoms with van der Waals surface area (Å²) in [4.78, 5) is 12.0. The third-order valence-corrected chi connectivity index (χ3v) is 3.05. The summed E-state index contributed by atoms with van der Waals surface area (Å²) in [6, 6.07) is 8.02. The Kier molecular flexibility index (Phi) is 4.91. The predicted octanol–water partition coefficient (Wildman–Crippen LogP) is 4.11. The molecule has 0 amide bonds. The van der Waals surface area contributed by atoms with Gasteiger partial charge in [-0.15, -0.1) is 0 Å². The number of halogens is 2. The smallest absolute Gasteiger partial charge is 0.342 e. The summed E-state index contributed by atoms with van der Waals surface area (Å²) < 4.78 is 38.1. The van der Waals surface area contributed by atoms with E-state index in [1.165, 1.54) is 6.07 Å². The quantitative estimate of drug-likeness (QED) is 0.796. The van der Waals surface area contributed by atoms with Crippen LogP contribution < -0.4 is 4.74 Å². The molecule has 0 fully saturated rings. The third kappa shape index (κ3) is 3.46. The van der Waals surface area contributed by atoms with Crippen molar-refractivity contribution < 1.29 is 23.0 Å². The second-order valence-corrected chi connectivity index (χ2v) is 4.65. The van der Waals surface area contributed by atoms with Gasteiger partial charge in [-0.05, 0) is 37.6 Å². The Morgan fingerprint density at radius 3 is 2.48 bits per heavy atom. The zero-order valence-corrected chi connectivity index (χ0v) is 12.5. The highest BCUT2D eigenvalue weighted by Crippen LogP contribution is 2.32. The maximum Gasteiger partial charge on any atom is 0.342 e. The summed E-state index contributed by atoms with van der Waals surface area (Å²) in [7, 11) is 0. The van der Waals surface area contributed by atoms with Gasteiger partial charge in [-0.25, -0.2) is 13.6 Å². The molecular formula is C17H13F2NO3. The highest BCUT2D eigenvalue weighted by Gasteiger charge is 2.20. The van der Waals surface area contributed by atoms with Crippen LogP contribution in [0.15, 0.2) is 30.3 Å². The van der Waals surface area contributed by atoms with E-state index in [1.54, 1.807) is 32.0 Å². The van der Waals surface area contributed by atoms with Crippen molar-refractivity contribution >= 4 is 5.97 Å². The molecule has 0 aromatic heterocycles. The molecule has 2 aromatic rings. The minimum Gasteiger partial charge on any atom is -0.462 e. The van der Waals surface area contributed by atoms with Gasteiger partial charge in [-0.1, -0.05) is 12.1 Å². The fraction of sp³-hybridized carbons (Fsp3) is 0.176. The predicted molar refractivity (Wildman–Crippen MR) is 78.3 cm³/mol. The van der Waals surface area contributed by atoms with E-state index in [0.29, 0.717) is 5.56 Å². The van der Waals surface area contributed by atoms with Gasteiger partial charge in [0.1, 0.15) is 11.3 Å². The molecule has 0 bridgehead atoms. The first-order chi connectivity index (χ1) is 11.0. The largest absolute Gasteiger partial charge is 0.462 e. The number of hydrogen-bond acceptors (Lipinski definition) is 4. The number of ether oxygens (including phenoxy) is 2. The van der Waals surface area contributed by atoms with Crippen LogP contribution in [0.4, 0.5) is 8.78 Å². The van der Waals surface area contributed by atoms with E-state index >= 15 is 0 Å². The Morgan fingerprint density at radius 1 is 1.26 bits per heavy atom. The molecular weight excluding hydrogens is 304 g/mol. The minimum atomic E-state index is -1.03. The molecule has 2 rings (SSSR count). The van der Waals surface area contributed by atoms with Gasteiger partial charge in [-0.3, -0.25) is 0 Å². The molecule has 0 aliphatic rings. The third-order valence-electron chi connectivity index (χ3n) is 3.05. The first-order valence-corrected chi connectivity index (χ1v) is 6.81. The monoisotopic (exact) mass is 317 g/mol. The number of esters is 1. The summed E-state index contributed by atoms with van der Waals surface area (Å²) in [5.74, 6) is -3.41. The second kappa shape index (κ2) is 6.88. The average Bonchev–Trinajstić information content (AvgIpc) is 2.50. The van der Waals surface area contributed by atoms with Crippen LogP contribution in [0.1, 0.15) is 28.4 Å². The van der Waals surface area contributed by atoms with E-state index < -0.39 is 23.4 Å². The van der Waals surface area contributed by atoms with Crippen molar-refractivity contribution in [3.8, 4) is 17.6 Å². The lowest BCUT2D eigenvalue weighted by molar-refractivity contribution is 0.0522. The van der Waals surface area contributed by atoms with Crippen LogP contribution in [0.3, 0.4) is 0 Å². The number of nitrogens with zero attached hydrogens (tertiary/aromatic N) is 1. The van der Waals surface area contributed by atoms with Crippen LogP contribution in [-0.4, -0.2) is 12.6 Å². The fourth-order valence-electron chi connectivity index (χ4n) is 2.02. The fourth-order valence-corrected chi connectivity index (χ4v) is 2.02. The number of rotatable bonds is 4. The maximum absolute atomic E-state index is 13.9. The summed E-state index contributed by atoms with van der Waals surface area (Å²) in [6.07, 6.45) is 0. The van der Waals surface area contributed by atoms with Crippen molar-refractivity contribution in [1.82, 2.24) is 0 Å². The van der Waals surface area contributed by atoms with Crippen molar-refractivity contribution in [3.63, 3.8) is 0 Å². The van der Waals surface area contributed by atoms with Crippen molar-refractivity contribution in [1.29, 1.82) is 5.26 Å². The molecule has 2 aromatic carbocycles.